The maximum Gasteiger partial charge on any atom is 0.369 e. The molecule has 0 spiro atoms. The highest BCUT2D eigenvalue weighted by Gasteiger charge is 1.77. The minimum absolute atomic E-state index is 0. The highest BCUT2D eigenvalue weighted by molar-refractivity contribution is 5.98. The highest BCUT2D eigenvalue weighted by Crippen LogP contribution is 1.76. The van der Waals surface area contributed by atoms with Crippen molar-refractivity contribution in [2.75, 3.05) is 0 Å². The molecule has 0 aliphatic heterocycles. The molecule has 0 aromatic carbocycles. The third-order valence-electron chi connectivity index (χ3n) is 0.272. The Hall–Kier alpha value is 1.07. The van der Waals surface area contributed by atoms with E-state index in [9.17, 15) is 0 Å². The lowest BCUT2D eigenvalue weighted by atomic mass is 10.5. The summed E-state index contributed by atoms with van der Waals surface area (Å²) in [6.07, 6.45) is 0.347. The molecule has 0 atom stereocenters. The molecule has 7 heavy (non-hydrogen) atoms. The van der Waals surface area contributed by atoms with Gasteiger partial charge in [0.2, 0.25) is 0 Å². The zero-order valence-electron chi connectivity index (χ0n) is 4.38. The average molecular weight is 159 g/mol. The van der Waals surface area contributed by atoms with Crippen LogP contribution in [0.15, 0.2) is 0 Å². The molecule has 4 heteroatoms. The van der Waals surface area contributed by atoms with Gasteiger partial charge in [-0.05, 0) is 13.8 Å². The molecule has 0 heterocycles. The highest BCUT2D eigenvalue weighted by atomic mass is 35.5. The molecule has 0 aromatic rings. The Morgan fingerprint density at radius 2 is 1.43 bits per heavy atom. The van der Waals surface area contributed by atoms with Crippen LogP contribution in [0.25, 0.3) is 0 Å². The van der Waals surface area contributed by atoms with Gasteiger partial charge in [-0.15, -0.1) is 24.8 Å². The van der Waals surface area contributed by atoms with E-state index in [0.717, 1.165) is 0 Å². The molecule has 0 aliphatic carbocycles. The standard InChI is InChI=1S/C3H7O.Al.2ClH/c1-3(2)4;;;/h3H,1-2H3;;2*1H/q-1;+1;;. The van der Waals surface area contributed by atoms with Gasteiger partial charge in [0, 0.05) is 6.10 Å². The topological polar surface area (TPSA) is 9.23 Å². The molecular weight excluding hydrogens is 150 g/mol. The van der Waals surface area contributed by atoms with Crippen molar-refractivity contribution in [3.8, 4) is 0 Å². The first-order valence-electron chi connectivity index (χ1n) is 1.63. The van der Waals surface area contributed by atoms with Crippen LogP contribution in [-0.4, -0.2) is 22.7 Å². The molecule has 44 valence electrons. The summed E-state index contributed by atoms with van der Waals surface area (Å²) in [5.41, 5.74) is 0. The van der Waals surface area contributed by atoms with Crippen molar-refractivity contribution < 1.29 is 3.79 Å². The quantitative estimate of drug-likeness (QED) is 0.524. The third kappa shape index (κ3) is 19.3. The van der Waals surface area contributed by atoms with Crippen LogP contribution >= 0.6 is 24.8 Å². The van der Waals surface area contributed by atoms with Crippen LogP contribution in [0.2, 0.25) is 0 Å². The summed E-state index contributed by atoms with van der Waals surface area (Å²) < 4.78 is 4.67. The molecule has 1 nitrogen and oxygen atoms in total. The molecule has 0 fully saturated rings. The molecule has 0 saturated carbocycles. The van der Waals surface area contributed by atoms with E-state index in [1.165, 1.54) is 0 Å². The summed E-state index contributed by atoms with van der Waals surface area (Å²) in [4.78, 5) is 0. The lowest BCUT2D eigenvalue weighted by Crippen LogP contribution is -1.95. The second kappa shape index (κ2) is 10.1. The molecule has 0 unspecified atom stereocenters. The van der Waals surface area contributed by atoms with Gasteiger partial charge < -0.3 is 3.79 Å². The Bertz CT molecular complexity index is 26.9. The van der Waals surface area contributed by atoms with Crippen molar-refractivity contribution in [2.24, 2.45) is 0 Å². The van der Waals surface area contributed by atoms with Gasteiger partial charge in [-0.2, -0.15) is 0 Å². The van der Waals surface area contributed by atoms with E-state index in [2.05, 4.69) is 20.4 Å². The summed E-state index contributed by atoms with van der Waals surface area (Å²) in [5.74, 6) is 0. The number of hydrogen-bond acceptors (Lipinski definition) is 1. The number of hydrogen-bond donors (Lipinski definition) is 0. The van der Waals surface area contributed by atoms with Gasteiger partial charge in [0.1, 0.15) is 0 Å². The molecule has 0 N–H and O–H groups in total. The average Bonchev–Trinajstić information content (AvgIpc) is 1.38. The smallest absolute Gasteiger partial charge is 0.369 e. The molecular formula is C3H9AlCl2O. The van der Waals surface area contributed by atoms with Gasteiger partial charge in [0.15, 0.2) is 0 Å². The van der Waals surface area contributed by atoms with Crippen molar-refractivity contribution in [1.82, 2.24) is 0 Å². The third-order valence-corrected chi connectivity index (χ3v) is 0.816. The van der Waals surface area contributed by atoms with Gasteiger partial charge in [-0.3, -0.25) is 0 Å². The minimum Gasteiger partial charge on any atom is -0.514 e. The largest absolute Gasteiger partial charge is 0.514 e. The maximum atomic E-state index is 4.67. The van der Waals surface area contributed by atoms with Gasteiger partial charge in [-0.1, -0.05) is 0 Å². The zero-order chi connectivity index (χ0) is 4.28. The maximum absolute atomic E-state index is 4.67. The second-order valence-corrected chi connectivity index (χ2v) is 1.46. The Morgan fingerprint density at radius 3 is 1.43 bits per heavy atom. The van der Waals surface area contributed by atoms with Crippen molar-refractivity contribution in [3.63, 3.8) is 0 Å². The van der Waals surface area contributed by atoms with Crippen LogP contribution in [0, 0.1) is 0 Å². The Morgan fingerprint density at radius 1 is 1.29 bits per heavy atom. The van der Waals surface area contributed by atoms with E-state index >= 15 is 0 Å². The Balaban J connectivity index is -0.0000000800. The van der Waals surface area contributed by atoms with E-state index in [1.54, 1.807) is 0 Å². The summed E-state index contributed by atoms with van der Waals surface area (Å²) in [6, 6.07) is 0. The first kappa shape index (κ1) is 15.7. The predicted octanol–water partition coefficient (Wildman–Crippen LogP) is 1.34. The van der Waals surface area contributed by atoms with E-state index in [1.807, 2.05) is 13.8 Å². The van der Waals surface area contributed by atoms with Gasteiger partial charge in [-0.25, -0.2) is 0 Å². The van der Waals surface area contributed by atoms with E-state index in [-0.39, 0.29) is 24.8 Å². The Labute approximate surface area is 65.4 Å². The monoisotopic (exact) mass is 158 g/mol. The predicted molar refractivity (Wildman–Crippen MR) is 36.5 cm³/mol. The first-order valence-corrected chi connectivity index (χ1v) is 2.10. The van der Waals surface area contributed by atoms with Gasteiger partial charge >= 0.3 is 16.6 Å². The van der Waals surface area contributed by atoms with Crippen molar-refractivity contribution in [2.45, 2.75) is 20.0 Å². The van der Waals surface area contributed by atoms with E-state index < -0.39 is 0 Å². The lowest BCUT2D eigenvalue weighted by molar-refractivity contribution is 0.267. The minimum atomic E-state index is 0. The molecule has 0 rings (SSSR count). The van der Waals surface area contributed by atoms with Crippen LogP contribution in [0.4, 0.5) is 0 Å². The normalized spacial score (nSPS) is 6.71. The van der Waals surface area contributed by atoms with Gasteiger partial charge in [0.25, 0.3) is 0 Å². The zero-order valence-corrected chi connectivity index (χ0v) is 7.17. The van der Waals surface area contributed by atoms with E-state index in [0.29, 0.717) is 6.10 Å². The van der Waals surface area contributed by atoms with Crippen LogP contribution in [0.1, 0.15) is 13.8 Å². The summed E-state index contributed by atoms with van der Waals surface area (Å²) in [6.45, 7) is 3.96. The van der Waals surface area contributed by atoms with E-state index in [4.69, 9.17) is 0 Å². The van der Waals surface area contributed by atoms with Crippen molar-refractivity contribution in [1.29, 1.82) is 0 Å². The van der Waals surface area contributed by atoms with Crippen molar-refractivity contribution in [3.05, 3.63) is 0 Å². The fraction of sp³-hybridized carbons (Fsp3) is 1.00. The molecule has 0 aliphatic rings. The van der Waals surface area contributed by atoms with Crippen molar-refractivity contribution >= 4 is 41.4 Å². The Kier molecular flexibility index (Phi) is 22.7. The van der Waals surface area contributed by atoms with Crippen LogP contribution in [0.5, 0.6) is 0 Å². The summed E-state index contributed by atoms with van der Waals surface area (Å²) in [7, 11) is 0. The van der Waals surface area contributed by atoms with Crippen LogP contribution in [-0.2, 0) is 3.79 Å². The molecule has 2 radical (unpaired) electrons. The fourth-order valence-electron chi connectivity index (χ4n) is 0. The number of rotatable bonds is 1. The molecule has 0 aromatic heterocycles. The number of halogens is 2. The first-order chi connectivity index (χ1) is 2.27. The molecule has 0 bridgehead atoms. The van der Waals surface area contributed by atoms with Crippen LogP contribution in [0.3, 0.4) is 0 Å². The lowest BCUT2D eigenvalue weighted by Gasteiger charge is -1.98. The second-order valence-electron chi connectivity index (χ2n) is 1.18. The fourth-order valence-corrected chi connectivity index (χ4v) is 0. The van der Waals surface area contributed by atoms with Gasteiger partial charge in [0.05, 0.1) is 0 Å². The molecule has 0 saturated heterocycles. The summed E-state index contributed by atoms with van der Waals surface area (Å²) >= 11 is 2.19. The SMILES string of the molecule is CC(C)[O][Al].Cl.Cl. The summed E-state index contributed by atoms with van der Waals surface area (Å²) in [5, 5.41) is 0. The molecule has 0 amide bonds. The van der Waals surface area contributed by atoms with Crippen LogP contribution < -0.4 is 0 Å².